The number of aromatic nitrogens is 1. The van der Waals surface area contributed by atoms with Gasteiger partial charge in [0, 0.05) is 31.0 Å². The largest absolute Gasteiger partial charge is 0.396 e. The normalized spacial score (nSPS) is 12.7. The van der Waals surface area contributed by atoms with Gasteiger partial charge in [-0.25, -0.2) is 9.98 Å². The summed E-state index contributed by atoms with van der Waals surface area (Å²) in [6, 6.07) is 0. The van der Waals surface area contributed by atoms with Gasteiger partial charge in [-0.2, -0.15) is 0 Å². The molecule has 0 aliphatic carbocycles. The first kappa shape index (κ1) is 20.9. The molecule has 0 amide bonds. The molecule has 24 heavy (non-hydrogen) atoms. The predicted molar refractivity (Wildman–Crippen MR) is 104 cm³/mol. The molecule has 0 bridgehead atoms. The Bertz CT molecular complexity index is 495. The van der Waals surface area contributed by atoms with Gasteiger partial charge in [-0.15, -0.1) is 11.3 Å². The van der Waals surface area contributed by atoms with Crippen molar-refractivity contribution in [2.45, 2.75) is 66.3 Å². The van der Waals surface area contributed by atoms with Gasteiger partial charge in [0.05, 0.1) is 17.2 Å². The summed E-state index contributed by atoms with van der Waals surface area (Å²) >= 11 is 1.71. The molecule has 3 N–H and O–H groups in total. The Hall–Kier alpha value is -1.14. The van der Waals surface area contributed by atoms with Crippen molar-refractivity contribution >= 4 is 17.3 Å². The second kappa shape index (κ2) is 10.7. The van der Waals surface area contributed by atoms with Crippen molar-refractivity contribution in [3.8, 4) is 0 Å². The average molecular weight is 355 g/mol. The van der Waals surface area contributed by atoms with Crippen LogP contribution in [0.3, 0.4) is 0 Å². The Labute approximate surface area is 151 Å². The summed E-state index contributed by atoms with van der Waals surface area (Å²) in [5, 5.41) is 19.4. The minimum atomic E-state index is 0.121. The van der Waals surface area contributed by atoms with Crippen molar-refractivity contribution < 1.29 is 5.11 Å². The second-order valence-electron chi connectivity index (χ2n) is 6.56. The minimum absolute atomic E-state index is 0.121. The molecular weight excluding hydrogens is 320 g/mol. The highest BCUT2D eigenvalue weighted by Gasteiger charge is 2.25. The first-order chi connectivity index (χ1) is 11.5. The number of aliphatic hydroxyl groups excluding tert-OH is 1. The number of thiazole rings is 1. The average Bonchev–Trinajstić information content (AvgIpc) is 3.05. The molecule has 0 radical (unpaired) electrons. The van der Waals surface area contributed by atoms with Crippen LogP contribution in [0.2, 0.25) is 0 Å². The van der Waals surface area contributed by atoms with Gasteiger partial charge >= 0.3 is 0 Å². The van der Waals surface area contributed by atoms with Gasteiger partial charge in [0.2, 0.25) is 0 Å². The molecule has 1 aromatic heterocycles. The molecule has 6 heteroatoms. The fourth-order valence-corrected chi connectivity index (χ4v) is 3.44. The lowest BCUT2D eigenvalue weighted by molar-refractivity contribution is 0.169. The van der Waals surface area contributed by atoms with Crippen molar-refractivity contribution in [1.82, 2.24) is 15.6 Å². The van der Waals surface area contributed by atoms with Gasteiger partial charge in [-0.3, -0.25) is 0 Å². The van der Waals surface area contributed by atoms with E-state index in [1.165, 1.54) is 0 Å². The second-order valence-corrected chi connectivity index (χ2v) is 7.45. The summed E-state index contributed by atoms with van der Waals surface area (Å²) in [7, 11) is 0. The van der Waals surface area contributed by atoms with Crippen LogP contribution >= 0.6 is 11.3 Å². The molecule has 1 aromatic rings. The van der Waals surface area contributed by atoms with Crippen LogP contribution in [0.4, 0.5) is 0 Å². The van der Waals surface area contributed by atoms with Crippen molar-refractivity contribution in [3.63, 3.8) is 0 Å². The highest BCUT2D eigenvalue weighted by atomic mass is 32.1. The zero-order valence-electron chi connectivity index (χ0n) is 15.9. The number of aliphatic hydroxyl groups is 1. The van der Waals surface area contributed by atoms with E-state index < -0.39 is 0 Å². The molecular formula is C18H34N4OS. The maximum absolute atomic E-state index is 9.35. The van der Waals surface area contributed by atoms with E-state index in [0.29, 0.717) is 12.5 Å². The highest BCUT2D eigenvalue weighted by molar-refractivity contribution is 7.09. The van der Waals surface area contributed by atoms with Crippen molar-refractivity contribution in [3.05, 3.63) is 16.1 Å². The molecule has 0 aromatic carbocycles. The molecule has 0 aliphatic heterocycles. The Morgan fingerprint density at radius 1 is 1.29 bits per heavy atom. The number of aliphatic imine (C=N–C) groups is 1. The van der Waals surface area contributed by atoms with Crippen LogP contribution in [0.5, 0.6) is 0 Å². The summed E-state index contributed by atoms with van der Waals surface area (Å²) in [5.41, 5.74) is 1.14. The Balaban J connectivity index is 2.70. The molecule has 1 rings (SSSR count). The van der Waals surface area contributed by atoms with Crippen molar-refractivity contribution in [1.29, 1.82) is 0 Å². The summed E-state index contributed by atoms with van der Waals surface area (Å²) in [6.07, 6.45) is 2.90. The first-order valence-corrected chi connectivity index (χ1v) is 9.95. The standard InChI is InChI=1S/C18H34N4OS/c1-6-18(7-2,9-10-23)13-21-17(19-8-3)20-11-15-12-24-16(22-15)14(4)5/h12,14,23H,6-11,13H2,1-5H3,(H2,19,20,21). The van der Waals surface area contributed by atoms with Gasteiger partial charge in [-0.05, 0) is 31.6 Å². The molecule has 0 saturated carbocycles. The Kier molecular flexibility index (Phi) is 9.29. The topological polar surface area (TPSA) is 69.5 Å². The van der Waals surface area contributed by atoms with E-state index in [2.05, 4.69) is 60.6 Å². The van der Waals surface area contributed by atoms with Gasteiger partial charge < -0.3 is 15.7 Å². The van der Waals surface area contributed by atoms with Gasteiger partial charge in [0.1, 0.15) is 0 Å². The third kappa shape index (κ3) is 6.40. The van der Waals surface area contributed by atoms with E-state index in [1.54, 1.807) is 11.3 Å². The third-order valence-corrected chi connectivity index (χ3v) is 5.77. The summed E-state index contributed by atoms with van der Waals surface area (Å²) in [5.74, 6) is 1.29. The molecule has 0 atom stereocenters. The fraction of sp³-hybridized carbons (Fsp3) is 0.778. The minimum Gasteiger partial charge on any atom is -0.396 e. The van der Waals surface area contributed by atoms with Gasteiger partial charge in [0.25, 0.3) is 0 Å². The quantitative estimate of drug-likeness (QED) is 0.444. The predicted octanol–water partition coefficient (Wildman–Crippen LogP) is 3.51. The number of hydrogen-bond donors (Lipinski definition) is 3. The molecule has 0 spiro atoms. The number of guanidine groups is 1. The molecule has 1 heterocycles. The number of nitrogens with one attached hydrogen (secondary N) is 2. The lowest BCUT2D eigenvalue weighted by Crippen LogP contribution is -2.43. The lowest BCUT2D eigenvalue weighted by Gasteiger charge is -2.32. The lowest BCUT2D eigenvalue weighted by atomic mass is 9.79. The summed E-state index contributed by atoms with van der Waals surface area (Å²) < 4.78 is 0. The van der Waals surface area contributed by atoms with Crippen molar-refractivity contribution in [2.24, 2.45) is 10.4 Å². The van der Waals surface area contributed by atoms with E-state index in [9.17, 15) is 5.11 Å². The molecule has 0 saturated heterocycles. The van der Waals surface area contributed by atoms with E-state index in [0.717, 1.165) is 49.0 Å². The maximum atomic E-state index is 9.35. The monoisotopic (exact) mass is 354 g/mol. The van der Waals surface area contributed by atoms with Crippen LogP contribution in [-0.2, 0) is 6.54 Å². The van der Waals surface area contributed by atoms with Gasteiger partial charge in [0.15, 0.2) is 5.96 Å². The molecule has 0 unspecified atom stereocenters. The van der Waals surface area contributed by atoms with Crippen molar-refractivity contribution in [2.75, 3.05) is 19.7 Å². The van der Waals surface area contributed by atoms with Crippen LogP contribution in [0.25, 0.3) is 0 Å². The maximum Gasteiger partial charge on any atom is 0.191 e. The van der Waals surface area contributed by atoms with Crippen LogP contribution in [0.1, 0.15) is 70.5 Å². The first-order valence-electron chi connectivity index (χ1n) is 9.07. The van der Waals surface area contributed by atoms with E-state index in [1.807, 2.05) is 0 Å². The van der Waals surface area contributed by atoms with Crippen LogP contribution < -0.4 is 10.6 Å². The zero-order valence-corrected chi connectivity index (χ0v) is 16.7. The van der Waals surface area contributed by atoms with E-state index in [-0.39, 0.29) is 12.0 Å². The fourth-order valence-electron chi connectivity index (χ4n) is 2.61. The number of nitrogens with zero attached hydrogens (tertiary/aromatic N) is 2. The summed E-state index contributed by atoms with van der Waals surface area (Å²) in [4.78, 5) is 9.30. The van der Waals surface area contributed by atoms with Crippen LogP contribution in [0, 0.1) is 5.41 Å². The highest BCUT2D eigenvalue weighted by Crippen LogP contribution is 2.29. The Morgan fingerprint density at radius 3 is 2.50 bits per heavy atom. The SMILES string of the molecule is CCNC(=NCc1csc(C(C)C)n1)NCC(CC)(CC)CCO. The zero-order chi connectivity index (χ0) is 18.0. The molecule has 0 fully saturated rings. The molecule has 138 valence electrons. The van der Waals surface area contributed by atoms with E-state index in [4.69, 9.17) is 0 Å². The third-order valence-electron chi connectivity index (χ3n) is 4.58. The number of hydrogen-bond acceptors (Lipinski definition) is 4. The molecule has 0 aliphatic rings. The number of rotatable bonds is 10. The molecule has 5 nitrogen and oxygen atoms in total. The smallest absolute Gasteiger partial charge is 0.191 e. The van der Waals surface area contributed by atoms with E-state index >= 15 is 0 Å². The Morgan fingerprint density at radius 2 is 2.00 bits per heavy atom. The van der Waals surface area contributed by atoms with Crippen LogP contribution in [-0.4, -0.2) is 35.7 Å². The summed E-state index contributed by atoms with van der Waals surface area (Å²) in [6.45, 7) is 13.2. The van der Waals surface area contributed by atoms with Crippen LogP contribution in [0.15, 0.2) is 10.4 Å². The van der Waals surface area contributed by atoms with Gasteiger partial charge in [-0.1, -0.05) is 27.7 Å².